The predicted octanol–water partition coefficient (Wildman–Crippen LogP) is 5.66. The quantitative estimate of drug-likeness (QED) is 0.235. The predicted molar refractivity (Wildman–Crippen MR) is 139 cm³/mol. The summed E-state index contributed by atoms with van der Waals surface area (Å²) in [6.45, 7) is -0.511. The molecule has 11 heteroatoms. The number of benzene rings is 2. The first-order valence-corrected chi connectivity index (χ1v) is 13.8. The van der Waals surface area contributed by atoms with Crippen molar-refractivity contribution < 1.29 is 19.2 Å². The summed E-state index contributed by atoms with van der Waals surface area (Å²) in [7, 11) is 0. The summed E-state index contributed by atoms with van der Waals surface area (Å²) in [5.74, 6) is -3.24. The zero-order valence-electron chi connectivity index (χ0n) is 17.8. The minimum atomic E-state index is -0.703. The van der Waals surface area contributed by atoms with Gasteiger partial charge in [-0.05, 0) is 60.7 Å². The highest BCUT2D eigenvalue weighted by Gasteiger charge is 2.67. The van der Waals surface area contributed by atoms with E-state index in [0.29, 0.717) is 10.6 Å². The Hall–Kier alpha value is -1.45. The highest BCUT2D eigenvalue weighted by atomic mass is 79.9. The van der Waals surface area contributed by atoms with Crippen molar-refractivity contribution in [3.63, 3.8) is 0 Å². The summed E-state index contributed by atoms with van der Waals surface area (Å²) in [5, 5.41) is 2.65. The van der Waals surface area contributed by atoms with E-state index >= 15 is 0 Å². The van der Waals surface area contributed by atoms with E-state index in [1.54, 1.807) is 12.1 Å². The van der Waals surface area contributed by atoms with Crippen LogP contribution in [0.5, 0.6) is 0 Å². The molecule has 1 saturated heterocycles. The molecule has 35 heavy (non-hydrogen) atoms. The second-order valence-corrected chi connectivity index (χ2v) is 12.3. The van der Waals surface area contributed by atoms with Crippen LogP contribution in [0.1, 0.15) is 27.1 Å². The normalized spacial score (nSPS) is 29.0. The van der Waals surface area contributed by atoms with E-state index in [-0.39, 0.29) is 37.1 Å². The summed E-state index contributed by atoms with van der Waals surface area (Å²) in [5.41, 5.74) is 0.391. The number of Topliss-reactive ketones (excluding diaryl/α,β-unsaturated/α-hetero) is 1. The van der Waals surface area contributed by atoms with E-state index in [0.717, 1.165) is 16.4 Å². The molecule has 182 valence electrons. The Morgan fingerprint density at radius 1 is 0.857 bits per heavy atom. The average molecular weight is 664 g/mol. The maximum atomic E-state index is 13.6. The van der Waals surface area contributed by atoms with Crippen molar-refractivity contribution in [2.75, 3.05) is 6.54 Å². The van der Waals surface area contributed by atoms with Gasteiger partial charge >= 0.3 is 0 Å². The molecule has 2 saturated carbocycles. The van der Waals surface area contributed by atoms with E-state index in [1.807, 2.05) is 0 Å². The van der Waals surface area contributed by atoms with Gasteiger partial charge < -0.3 is 0 Å². The largest absolute Gasteiger partial charge is 0.292 e. The highest BCUT2D eigenvalue weighted by molar-refractivity contribution is 9.12. The zero-order chi connectivity index (χ0) is 25.2. The van der Waals surface area contributed by atoms with Crippen molar-refractivity contribution in [1.29, 1.82) is 0 Å². The van der Waals surface area contributed by atoms with Crippen molar-refractivity contribution in [2.45, 2.75) is 16.1 Å². The third-order valence-corrected chi connectivity index (χ3v) is 11.3. The number of imide groups is 1. The van der Waals surface area contributed by atoms with Crippen LogP contribution in [0.15, 0.2) is 42.5 Å². The number of carbonyl (C=O) groups excluding carboxylic acids is 4. The summed E-state index contributed by atoms with van der Waals surface area (Å²) >= 11 is 25.4. The average Bonchev–Trinajstić information content (AvgIpc) is 3.44. The first-order valence-electron chi connectivity index (χ1n) is 10.8. The summed E-state index contributed by atoms with van der Waals surface area (Å²) in [6.07, 6.45) is 0.747. The molecule has 6 atom stereocenters. The molecule has 2 bridgehead atoms. The van der Waals surface area contributed by atoms with Crippen LogP contribution in [0.3, 0.4) is 0 Å². The molecule has 3 aliphatic rings. The lowest BCUT2D eigenvalue weighted by atomic mass is 9.81. The van der Waals surface area contributed by atoms with Gasteiger partial charge in [0, 0.05) is 25.8 Å². The Kier molecular flexibility index (Phi) is 6.81. The first kappa shape index (κ1) is 25.2. The molecule has 3 amide bonds. The number of nitrogens with zero attached hydrogens (tertiary/aromatic N) is 2. The van der Waals surface area contributed by atoms with Crippen LogP contribution < -0.4 is 0 Å². The number of hydrogen-bond donors (Lipinski definition) is 0. The molecule has 3 fully saturated rings. The maximum absolute atomic E-state index is 13.6. The van der Waals surface area contributed by atoms with Gasteiger partial charge in [0.25, 0.3) is 17.7 Å². The molecule has 6 nitrogen and oxygen atoms in total. The van der Waals surface area contributed by atoms with Crippen molar-refractivity contribution in [3.8, 4) is 0 Å². The van der Waals surface area contributed by atoms with Gasteiger partial charge in [-0.25, -0.2) is 5.01 Å². The topological polar surface area (TPSA) is 74.8 Å². The number of amides is 3. The van der Waals surface area contributed by atoms with Crippen molar-refractivity contribution in [3.05, 3.63) is 68.7 Å². The highest BCUT2D eigenvalue weighted by Crippen LogP contribution is 2.60. The molecule has 0 unspecified atom stereocenters. The van der Waals surface area contributed by atoms with Gasteiger partial charge in [0.05, 0.1) is 21.9 Å². The van der Waals surface area contributed by atoms with Crippen LogP contribution in [-0.4, -0.2) is 49.7 Å². The van der Waals surface area contributed by atoms with Crippen LogP contribution in [0, 0.1) is 23.7 Å². The number of alkyl halides is 2. The summed E-state index contributed by atoms with van der Waals surface area (Å²) in [6, 6.07) is 10.4. The van der Waals surface area contributed by atoms with Gasteiger partial charge in [-0.3, -0.25) is 19.2 Å². The van der Waals surface area contributed by atoms with E-state index in [2.05, 4.69) is 31.9 Å². The Morgan fingerprint density at radius 2 is 1.40 bits per heavy atom. The molecule has 5 rings (SSSR count). The Morgan fingerprint density at radius 3 is 1.94 bits per heavy atom. The van der Waals surface area contributed by atoms with Gasteiger partial charge in [-0.15, -0.1) is 0 Å². The monoisotopic (exact) mass is 660 g/mol. The van der Waals surface area contributed by atoms with Crippen LogP contribution in [-0.2, 0) is 9.59 Å². The molecule has 2 aliphatic carbocycles. The molecule has 0 aromatic heterocycles. The molecule has 0 radical (unpaired) electrons. The van der Waals surface area contributed by atoms with Crippen LogP contribution >= 0.6 is 66.7 Å². The number of halogens is 5. The Balaban J connectivity index is 1.52. The number of rotatable bonds is 5. The fourth-order valence-corrected chi connectivity index (χ4v) is 7.74. The number of hydrogen-bond acceptors (Lipinski definition) is 4. The van der Waals surface area contributed by atoms with Crippen molar-refractivity contribution >= 4 is 90.2 Å². The van der Waals surface area contributed by atoms with Gasteiger partial charge in [0.2, 0.25) is 0 Å². The number of fused-ring (bicyclic) bond motifs is 5. The lowest BCUT2D eigenvalue weighted by Gasteiger charge is -2.31. The third kappa shape index (κ3) is 4.15. The number of ketones is 1. The fraction of sp³-hybridized carbons (Fsp3) is 0.333. The van der Waals surface area contributed by atoms with E-state index in [1.165, 1.54) is 30.3 Å². The minimum Gasteiger partial charge on any atom is -0.292 e. The Bertz CT molecular complexity index is 1230. The molecule has 1 aliphatic heterocycles. The van der Waals surface area contributed by atoms with E-state index in [9.17, 15) is 19.2 Å². The standard InChI is InChI=1S/C24H17Br2Cl3N2O4/c25-20-13-8-14(21(20)26)19-18(13)23(34)31(24(19)35)30(9-17(32)10-1-4-12(27)5-2-10)22(33)11-3-6-15(28)16(29)7-11/h1-7,13-14,18-21H,8-9H2/t13-,14-,18-,19+,20+,21+/m1/s1. The molecule has 2 aromatic carbocycles. The molecule has 0 N–H and O–H groups in total. The van der Waals surface area contributed by atoms with Gasteiger partial charge in [-0.1, -0.05) is 66.7 Å². The molecule has 2 aromatic rings. The minimum absolute atomic E-state index is 0.0373. The van der Waals surface area contributed by atoms with Crippen LogP contribution in [0.25, 0.3) is 0 Å². The van der Waals surface area contributed by atoms with Crippen LogP contribution in [0.4, 0.5) is 0 Å². The van der Waals surface area contributed by atoms with Crippen molar-refractivity contribution in [2.24, 2.45) is 23.7 Å². The third-order valence-electron chi connectivity index (χ3n) is 7.07. The van der Waals surface area contributed by atoms with E-state index < -0.39 is 41.9 Å². The van der Waals surface area contributed by atoms with Crippen molar-refractivity contribution in [1.82, 2.24) is 10.0 Å². The summed E-state index contributed by atoms with van der Waals surface area (Å²) in [4.78, 5) is 54.0. The summed E-state index contributed by atoms with van der Waals surface area (Å²) < 4.78 is 0. The van der Waals surface area contributed by atoms with Gasteiger partial charge in [0.15, 0.2) is 5.78 Å². The molecule has 1 heterocycles. The van der Waals surface area contributed by atoms with Crippen LogP contribution in [0.2, 0.25) is 15.1 Å². The molecular weight excluding hydrogens is 646 g/mol. The number of hydrazine groups is 1. The smallest absolute Gasteiger partial charge is 0.273 e. The fourth-order valence-electron chi connectivity index (χ4n) is 5.45. The SMILES string of the molecule is O=C(CN(C(=O)c1ccc(Cl)c(Cl)c1)N1C(=O)[C@@H]2[C@H]3C[C@@H]([C@H](Br)[C@H]3Br)[C@@H]2C1=O)c1ccc(Cl)cc1. The lowest BCUT2D eigenvalue weighted by molar-refractivity contribution is -0.154. The van der Waals surface area contributed by atoms with Gasteiger partial charge in [0.1, 0.15) is 6.54 Å². The first-order chi connectivity index (χ1) is 16.6. The molecule has 0 spiro atoms. The Labute approximate surface area is 233 Å². The maximum Gasteiger partial charge on any atom is 0.273 e. The second kappa shape index (κ2) is 9.45. The van der Waals surface area contributed by atoms with Gasteiger partial charge in [-0.2, -0.15) is 5.01 Å². The zero-order valence-corrected chi connectivity index (χ0v) is 23.3. The number of carbonyl (C=O) groups is 4. The second-order valence-electron chi connectivity index (χ2n) is 8.91. The lowest BCUT2D eigenvalue weighted by Crippen LogP contribution is -2.52. The van der Waals surface area contributed by atoms with E-state index in [4.69, 9.17) is 34.8 Å². The molecular formula is C24H17Br2Cl3N2O4.